The van der Waals surface area contributed by atoms with Crippen molar-refractivity contribution < 1.29 is 9.50 Å². The zero-order valence-corrected chi connectivity index (χ0v) is 13.1. The Labute approximate surface area is 135 Å². The van der Waals surface area contributed by atoms with Crippen molar-refractivity contribution in [3.8, 4) is 11.3 Å². The maximum atomic E-state index is 13.0. The van der Waals surface area contributed by atoms with Gasteiger partial charge < -0.3 is 15.3 Å². The highest BCUT2D eigenvalue weighted by molar-refractivity contribution is 5.62. The standard InChI is InChI=1S/C17H23FN4O/c18-15-5-3-13(4-6-15)17-14(10-20-21-17)9-19-11-16(23)12-22-7-1-2-8-22/h3-6,10,16,19,23H,1-2,7-9,11-12H2,(H,20,21). The van der Waals surface area contributed by atoms with Gasteiger partial charge >= 0.3 is 0 Å². The fraction of sp³-hybridized carbons (Fsp3) is 0.471. The molecule has 1 saturated heterocycles. The van der Waals surface area contributed by atoms with Gasteiger partial charge in [-0.3, -0.25) is 5.10 Å². The molecule has 0 aliphatic carbocycles. The number of β-amino-alcohol motifs (C(OH)–C–C–N with tert-alkyl or cyclic N) is 1. The van der Waals surface area contributed by atoms with Crippen LogP contribution in [0, 0.1) is 5.82 Å². The number of nitrogens with zero attached hydrogens (tertiary/aromatic N) is 2. The first-order valence-corrected chi connectivity index (χ1v) is 8.11. The SMILES string of the molecule is OC(CNCc1cn[nH]c1-c1ccc(F)cc1)CN1CCCC1. The second kappa shape index (κ2) is 7.68. The molecule has 0 amide bonds. The zero-order chi connectivity index (χ0) is 16.1. The number of H-pyrrole nitrogens is 1. The van der Waals surface area contributed by atoms with E-state index in [2.05, 4.69) is 20.4 Å². The van der Waals surface area contributed by atoms with Crippen LogP contribution >= 0.6 is 0 Å². The highest BCUT2D eigenvalue weighted by atomic mass is 19.1. The van der Waals surface area contributed by atoms with Crippen LogP contribution in [0.4, 0.5) is 4.39 Å². The van der Waals surface area contributed by atoms with Crippen molar-refractivity contribution in [2.24, 2.45) is 0 Å². The van der Waals surface area contributed by atoms with Gasteiger partial charge in [-0.15, -0.1) is 0 Å². The van der Waals surface area contributed by atoms with Crippen LogP contribution in [0.1, 0.15) is 18.4 Å². The molecule has 6 heteroatoms. The van der Waals surface area contributed by atoms with Crippen LogP contribution in [0.2, 0.25) is 0 Å². The minimum Gasteiger partial charge on any atom is -0.390 e. The molecular formula is C17H23FN4O. The molecule has 3 N–H and O–H groups in total. The largest absolute Gasteiger partial charge is 0.390 e. The first-order chi connectivity index (χ1) is 11.2. The molecule has 5 nitrogen and oxygen atoms in total. The maximum Gasteiger partial charge on any atom is 0.123 e. The van der Waals surface area contributed by atoms with Crippen molar-refractivity contribution in [1.82, 2.24) is 20.4 Å². The minimum atomic E-state index is -0.366. The summed E-state index contributed by atoms with van der Waals surface area (Å²) in [5.74, 6) is -0.252. The van der Waals surface area contributed by atoms with Gasteiger partial charge in [0.05, 0.1) is 18.0 Å². The van der Waals surface area contributed by atoms with Crippen LogP contribution in [0.3, 0.4) is 0 Å². The topological polar surface area (TPSA) is 64.2 Å². The van der Waals surface area contributed by atoms with Gasteiger partial charge in [-0.05, 0) is 50.2 Å². The number of hydrogen-bond acceptors (Lipinski definition) is 4. The molecule has 23 heavy (non-hydrogen) atoms. The molecule has 1 aromatic carbocycles. The number of aliphatic hydroxyl groups is 1. The molecule has 0 spiro atoms. The van der Waals surface area contributed by atoms with E-state index in [-0.39, 0.29) is 11.9 Å². The van der Waals surface area contributed by atoms with E-state index in [9.17, 15) is 9.50 Å². The second-order valence-corrected chi connectivity index (χ2v) is 6.07. The Morgan fingerprint density at radius 2 is 2.00 bits per heavy atom. The van der Waals surface area contributed by atoms with Gasteiger partial charge in [-0.25, -0.2) is 4.39 Å². The molecule has 2 aromatic rings. The number of likely N-dealkylation sites (tertiary alicyclic amines) is 1. The van der Waals surface area contributed by atoms with E-state index >= 15 is 0 Å². The zero-order valence-electron chi connectivity index (χ0n) is 13.1. The van der Waals surface area contributed by atoms with Crippen molar-refractivity contribution in [2.45, 2.75) is 25.5 Å². The summed E-state index contributed by atoms with van der Waals surface area (Å²) < 4.78 is 13.0. The third-order valence-corrected chi connectivity index (χ3v) is 4.21. The van der Waals surface area contributed by atoms with E-state index < -0.39 is 0 Å². The summed E-state index contributed by atoms with van der Waals surface area (Å²) in [4.78, 5) is 2.30. The minimum absolute atomic E-state index is 0.252. The highest BCUT2D eigenvalue weighted by Gasteiger charge is 2.15. The summed E-state index contributed by atoms with van der Waals surface area (Å²) in [6.45, 7) is 4.06. The molecule has 1 fully saturated rings. The Hall–Kier alpha value is -1.76. The monoisotopic (exact) mass is 318 g/mol. The van der Waals surface area contributed by atoms with Gasteiger partial charge in [0.2, 0.25) is 0 Å². The fourth-order valence-electron chi connectivity index (χ4n) is 3.01. The van der Waals surface area contributed by atoms with E-state index in [1.54, 1.807) is 18.3 Å². The molecule has 124 valence electrons. The molecular weight excluding hydrogens is 295 g/mol. The predicted molar refractivity (Wildman–Crippen MR) is 87.4 cm³/mol. The molecule has 0 bridgehead atoms. The number of aromatic nitrogens is 2. The first-order valence-electron chi connectivity index (χ1n) is 8.11. The molecule has 1 atom stereocenters. The Morgan fingerprint density at radius 3 is 2.74 bits per heavy atom. The number of hydrogen-bond donors (Lipinski definition) is 3. The third kappa shape index (κ3) is 4.37. The highest BCUT2D eigenvalue weighted by Crippen LogP contribution is 2.21. The lowest BCUT2D eigenvalue weighted by atomic mass is 10.1. The number of benzene rings is 1. The molecule has 0 radical (unpaired) electrons. The van der Waals surface area contributed by atoms with Crippen LogP contribution in [0.15, 0.2) is 30.5 Å². The quantitative estimate of drug-likeness (QED) is 0.728. The summed E-state index contributed by atoms with van der Waals surface area (Å²) in [7, 11) is 0. The molecule has 0 saturated carbocycles. The second-order valence-electron chi connectivity index (χ2n) is 6.07. The molecule has 2 heterocycles. The van der Waals surface area contributed by atoms with Crippen LogP contribution in [0.5, 0.6) is 0 Å². The van der Waals surface area contributed by atoms with Gasteiger partial charge in [0, 0.05) is 30.8 Å². The Morgan fingerprint density at radius 1 is 1.26 bits per heavy atom. The van der Waals surface area contributed by atoms with Crippen molar-refractivity contribution in [3.63, 3.8) is 0 Å². The predicted octanol–water partition coefficient (Wildman–Crippen LogP) is 1.76. The van der Waals surface area contributed by atoms with Gasteiger partial charge in [-0.1, -0.05) is 0 Å². The van der Waals surface area contributed by atoms with Crippen molar-refractivity contribution in [1.29, 1.82) is 0 Å². The lowest BCUT2D eigenvalue weighted by Gasteiger charge is -2.19. The summed E-state index contributed by atoms with van der Waals surface area (Å²) >= 11 is 0. The number of aromatic amines is 1. The number of nitrogens with one attached hydrogen (secondary N) is 2. The van der Waals surface area contributed by atoms with Crippen molar-refractivity contribution in [3.05, 3.63) is 41.8 Å². The van der Waals surface area contributed by atoms with E-state index in [4.69, 9.17) is 0 Å². The first kappa shape index (κ1) is 16.1. The average Bonchev–Trinajstić information content (AvgIpc) is 3.20. The molecule has 1 unspecified atom stereocenters. The number of halogens is 1. The Kier molecular flexibility index (Phi) is 5.38. The van der Waals surface area contributed by atoms with Gasteiger partial charge in [0.15, 0.2) is 0 Å². The number of aliphatic hydroxyl groups excluding tert-OH is 1. The van der Waals surface area contributed by atoms with Gasteiger partial charge in [0.1, 0.15) is 5.82 Å². The van der Waals surface area contributed by atoms with Crippen molar-refractivity contribution in [2.75, 3.05) is 26.2 Å². The molecule has 1 aromatic heterocycles. The summed E-state index contributed by atoms with van der Waals surface area (Å²) in [6, 6.07) is 6.34. The number of rotatable bonds is 7. The lowest BCUT2D eigenvalue weighted by molar-refractivity contribution is 0.123. The normalized spacial score (nSPS) is 16.8. The summed E-state index contributed by atoms with van der Waals surface area (Å²) in [5.41, 5.74) is 2.79. The summed E-state index contributed by atoms with van der Waals surface area (Å²) in [5, 5.41) is 20.4. The van der Waals surface area contributed by atoms with Crippen LogP contribution in [-0.2, 0) is 6.54 Å². The van der Waals surface area contributed by atoms with Crippen LogP contribution < -0.4 is 5.32 Å². The van der Waals surface area contributed by atoms with E-state index in [1.165, 1.54) is 25.0 Å². The Balaban J connectivity index is 1.50. The smallest absolute Gasteiger partial charge is 0.123 e. The fourth-order valence-corrected chi connectivity index (χ4v) is 3.01. The van der Waals surface area contributed by atoms with E-state index in [1.807, 2.05) is 0 Å². The lowest BCUT2D eigenvalue weighted by Crippen LogP contribution is -2.36. The van der Waals surface area contributed by atoms with Crippen LogP contribution in [-0.4, -0.2) is 52.5 Å². The third-order valence-electron chi connectivity index (χ3n) is 4.21. The molecule has 1 aliphatic heterocycles. The van der Waals surface area contributed by atoms with E-state index in [0.29, 0.717) is 13.1 Å². The van der Waals surface area contributed by atoms with Gasteiger partial charge in [0.25, 0.3) is 0 Å². The average molecular weight is 318 g/mol. The van der Waals surface area contributed by atoms with Crippen molar-refractivity contribution >= 4 is 0 Å². The van der Waals surface area contributed by atoms with E-state index in [0.717, 1.165) is 36.5 Å². The summed E-state index contributed by atoms with van der Waals surface area (Å²) in [6.07, 6.45) is 3.86. The van der Waals surface area contributed by atoms with Gasteiger partial charge in [-0.2, -0.15) is 5.10 Å². The molecule has 3 rings (SSSR count). The Bertz CT molecular complexity index is 607. The molecule has 1 aliphatic rings. The van der Waals surface area contributed by atoms with Crippen LogP contribution in [0.25, 0.3) is 11.3 Å². The maximum absolute atomic E-state index is 13.0.